The second-order valence-corrected chi connectivity index (χ2v) is 7.47. The van der Waals surface area contributed by atoms with E-state index in [-0.39, 0.29) is 17.3 Å². The molecule has 0 radical (unpaired) electrons. The normalized spacial score (nSPS) is 19.4. The van der Waals surface area contributed by atoms with Crippen molar-refractivity contribution in [3.8, 4) is 0 Å². The van der Waals surface area contributed by atoms with Crippen LogP contribution in [0.3, 0.4) is 0 Å². The Hall–Kier alpha value is -0.200. The van der Waals surface area contributed by atoms with Crippen molar-refractivity contribution in [1.82, 2.24) is 10.2 Å². The molecule has 0 spiro atoms. The van der Waals surface area contributed by atoms with Gasteiger partial charge in [0.15, 0.2) is 0 Å². The van der Waals surface area contributed by atoms with Gasteiger partial charge >= 0.3 is 0 Å². The zero-order valence-corrected chi connectivity index (χ0v) is 14.0. The third kappa shape index (κ3) is 3.67. The van der Waals surface area contributed by atoms with Gasteiger partial charge in [-0.05, 0) is 46.2 Å². The Bertz CT molecular complexity index is 436. The van der Waals surface area contributed by atoms with Crippen LogP contribution in [0.5, 0.6) is 0 Å². The van der Waals surface area contributed by atoms with Gasteiger partial charge < -0.3 is 5.32 Å². The molecule has 0 aliphatic carbocycles. The van der Waals surface area contributed by atoms with E-state index in [4.69, 9.17) is 0 Å². The minimum absolute atomic E-state index is 0.0165. The molecule has 0 amide bonds. The van der Waals surface area contributed by atoms with E-state index in [9.17, 15) is 4.39 Å². The van der Waals surface area contributed by atoms with E-state index in [1.54, 1.807) is 6.07 Å². The molecule has 4 heteroatoms. The number of rotatable bonds is 2. The molecule has 19 heavy (non-hydrogen) atoms. The summed E-state index contributed by atoms with van der Waals surface area (Å²) in [5, 5.41) is 3.36. The van der Waals surface area contributed by atoms with Crippen LogP contribution < -0.4 is 5.32 Å². The van der Waals surface area contributed by atoms with Gasteiger partial charge in [0.05, 0.1) is 0 Å². The summed E-state index contributed by atoms with van der Waals surface area (Å²) in [4.78, 5) is 2.41. The highest BCUT2D eigenvalue weighted by molar-refractivity contribution is 14.1. The fraction of sp³-hybridized carbons (Fsp3) is 0.600. The Morgan fingerprint density at radius 3 is 2.47 bits per heavy atom. The monoisotopic (exact) mass is 376 g/mol. The Kier molecular flexibility index (Phi) is 4.84. The summed E-state index contributed by atoms with van der Waals surface area (Å²) in [6.45, 7) is 10.5. The summed E-state index contributed by atoms with van der Waals surface area (Å²) in [5.41, 5.74) is 0.851. The van der Waals surface area contributed by atoms with Crippen LogP contribution in [0, 0.1) is 14.8 Å². The summed E-state index contributed by atoms with van der Waals surface area (Å²) >= 11 is 2.26. The second kappa shape index (κ2) is 6.06. The molecule has 106 valence electrons. The van der Waals surface area contributed by atoms with Gasteiger partial charge in [0.2, 0.25) is 0 Å². The third-order valence-corrected chi connectivity index (χ3v) is 4.26. The summed E-state index contributed by atoms with van der Waals surface area (Å²) in [6, 6.07) is 5.55. The molecule has 1 aliphatic heterocycles. The highest BCUT2D eigenvalue weighted by Gasteiger charge is 2.34. The number of nitrogens with one attached hydrogen (secondary N) is 1. The molecule has 1 N–H and O–H groups in total. The predicted molar refractivity (Wildman–Crippen MR) is 85.8 cm³/mol. The predicted octanol–water partition coefficient (Wildman–Crippen LogP) is 3.42. The van der Waals surface area contributed by atoms with Crippen LogP contribution in [0.1, 0.15) is 32.4 Å². The SMILES string of the molecule is CC(C)(C)[C@H](c1cc(I)ccc1F)N1CCNCC1. The zero-order chi connectivity index (χ0) is 14.0. The van der Waals surface area contributed by atoms with Crippen LogP contribution in [0.4, 0.5) is 4.39 Å². The largest absolute Gasteiger partial charge is 0.314 e. The Labute approximate surface area is 128 Å². The van der Waals surface area contributed by atoms with Crippen LogP contribution in [0.25, 0.3) is 0 Å². The number of hydrogen-bond donors (Lipinski definition) is 1. The second-order valence-electron chi connectivity index (χ2n) is 6.22. The summed E-state index contributed by atoms with van der Waals surface area (Å²) in [7, 11) is 0. The van der Waals surface area contributed by atoms with E-state index in [2.05, 4.69) is 53.6 Å². The van der Waals surface area contributed by atoms with Crippen LogP contribution >= 0.6 is 22.6 Å². The lowest BCUT2D eigenvalue weighted by molar-refractivity contribution is 0.0834. The van der Waals surface area contributed by atoms with Gasteiger partial charge in [0.25, 0.3) is 0 Å². The van der Waals surface area contributed by atoms with E-state index in [1.165, 1.54) is 0 Å². The maximum atomic E-state index is 14.3. The lowest BCUT2D eigenvalue weighted by Crippen LogP contribution is -2.48. The van der Waals surface area contributed by atoms with Crippen molar-refractivity contribution in [3.05, 3.63) is 33.1 Å². The van der Waals surface area contributed by atoms with Crippen molar-refractivity contribution in [2.24, 2.45) is 5.41 Å². The first-order valence-electron chi connectivity index (χ1n) is 6.79. The Morgan fingerprint density at radius 1 is 1.26 bits per heavy atom. The third-order valence-electron chi connectivity index (χ3n) is 3.59. The highest BCUT2D eigenvalue weighted by Crippen LogP contribution is 2.39. The first kappa shape index (κ1) is 15.2. The van der Waals surface area contributed by atoms with Gasteiger partial charge in [-0.1, -0.05) is 20.8 Å². The van der Waals surface area contributed by atoms with Gasteiger partial charge in [-0.15, -0.1) is 0 Å². The molecule has 1 saturated heterocycles. The quantitative estimate of drug-likeness (QED) is 0.796. The minimum atomic E-state index is -0.0844. The molecular weight excluding hydrogens is 354 g/mol. The molecule has 1 aliphatic rings. The zero-order valence-electron chi connectivity index (χ0n) is 11.8. The van der Waals surface area contributed by atoms with Crippen molar-refractivity contribution in [2.75, 3.05) is 26.2 Å². The minimum Gasteiger partial charge on any atom is -0.314 e. The molecule has 1 aromatic carbocycles. The molecular formula is C15H22FIN2. The van der Waals surface area contributed by atoms with E-state index in [1.807, 2.05) is 12.1 Å². The molecule has 0 saturated carbocycles. The Morgan fingerprint density at radius 2 is 1.89 bits per heavy atom. The lowest BCUT2D eigenvalue weighted by atomic mass is 9.80. The average Bonchev–Trinajstić information content (AvgIpc) is 2.33. The van der Waals surface area contributed by atoms with Crippen molar-refractivity contribution in [1.29, 1.82) is 0 Å². The van der Waals surface area contributed by atoms with Gasteiger partial charge in [0.1, 0.15) is 5.82 Å². The molecule has 0 unspecified atom stereocenters. The number of benzene rings is 1. The maximum absolute atomic E-state index is 14.3. The fourth-order valence-corrected chi connectivity index (χ4v) is 3.39. The van der Waals surface area contributed by atoms with Crippen molar-refractivity contribution >= 4 is 22.6 Å². The molecule has 0 bridgehead atoms. The first-order valence-corrected chi connectivity index (χ1v) is 7.87. The first-order chi connectivity index (χ1) is 8.89. The summed E-state index contributed by atoms with van der Waals surface area (Å²) < 4.78 is 15.4. The van der Waals surface area contributed by atoms with E-state index in [0.717, 1.165) is 35.3 Å². The highest BCUT2D eigenvalue weighted by atomic mass is 127. The summed E-state index contributed by atoms with van der Waals surface area (Å²) in [5.74, 6) is -0.0844. The standard InChI is InChI=1S/C15H22FIN2/c1-15(2,3)14(19-8-6-18-7-9-19)12-10-11(17)4-5-13(12)16/h4-5,10,14,18H,6-9H2,1-3H3/t14-/m0/s1. The smallest absolute Gasteiger partial charge is 0.128 e. The molecule has 1 aromatic rings. The number of nitrogens with zero attached hydrogens (tertiary/aromatic N) is 1. The maximum Gasteiger partial charge on any atom is 0.128 e. The van der Waals surface area contributed by atoms with E-state index < -0.39 is 0 Å². The number of hydrogen-bond acceptors (Lipinski definition) is 2. The Balaban J connectivity index is 2.39. The van der Waals surface area contributed by atoms with Gasteiger partial charge in [-0.25, -0.2) is 4.39 Å². The van der Waals surface area contributed by atoms with Crippen LogP contribution in [-0.2, 0) is 0 Å². The van der Waals surface area contributed by atoms with Crippen LogP contribution in [-0.4, -0.2) is 31.1 Å². The molecule has 0 aromatic heterocycles. The molecule has 2 nitrogen and oxygen atoms in total. The lowest BCUT2D eigenvalue weighted by Gasteiger charge is -2.42. The van der Waals surface area contributed by atoms with Gasteiger partial charge in [-0.2, -0.15) is 0 Å². The summed E-state index contributed by atoms with van der Waals surface area (Å²) in [6.07, 6.45) is 0. The van der Waals surface area contributed by atoms with Crippen molar-refractivity contribution in [3.63, 3.8) is 0 Å². The number of piperazine rings is 1. The van der Waals surface area contributed by atoms with Crippen molar-refractivity contribution < 1.29 is 4.39 Å². The van der Waals surface area contributed by atoms with E-state index >= 15 is 0 Å². The van der Waals surface area contributed by atoms with E-state index in [0.29, 0.717) is 0 Å². The molecule has 1 fully saturated rings. The van der Waals surface area contributed by atoms with Crippen LogP contribution in [0.2, 0.25) is 0 Å². The van der Waals surface area contributed by atoms with Crippen LogP contribution in [0.15, 0.2) is 18.2 Å². The van der Waals surface area contributed by atoms with Crippen molar-refractivity contribution in [2.45, 2.75) is 26.8 Å². The van der Waals surface area contributed by atoms with Gasteiger partial charge in [0, 0.05) is 41.4 Å². The number of halogens is 2. The van der Waals surface area contributed by atoms with Gasteiger partial charge in [-0.3, -0.25) is 4.90 Å². The molecule has 2 rings (SSSR count). The topological polar surface area (TPSA) is 15.3 Å². The molecule has 1 heterocycles. The fourth-order valence-electron chi connectivity index (χ4n) is 2.88. The average molecular weight is 376 g/mol. The molecule has 1 atom stereocenters.